The number of benzene rings is 1. The summed E-state index contributed by atoms with van der Waals surface area (Å²) in [6.07, 6.45) is 2.39. The number of carbonyl (C=O) groups excluding carboxylic acids is 1. The van der Waals surface area contributed by atoms with E-state index in [9.17, 15) is 18.0 Å². The highest BCUT2D eigenvalue weighted by Crippen LogP contribution is 2.44. The first-order valence-electron chi connectivity index (χ1n) is 12.1. The van der Waals surface area contributed by atoms with Crippen molar-refractivity contribution in [2.24, 2.45) is 7.05 Å². The van der Waals surface area contributed by atoms with Crippen LogP contribution in [0.2, 0.25) is 0 Å². The van der Waals surface area contributed by atoms with Crippen LogP contribution in [-0.2, 0) is 28.4 Å². The van der Waals surface area contributed by atoms with Gasteiger partial charge in [0, 0.05) is 25.2 Å². The molecule has 38 heavy (non-hydrogen) atoms. The summed E-state index contributed by atoms with van der Waals surface area (Å²) in [6.45, 7) is 2.50. The van der Waals surface area contributed by atoms with Gasteiger partial charge in [0.05, 0.1) is 30.4 Å². The second kappa shape index (κ2) is 9.50. The van der Waals surface area contributed by atoms with Crippen LogP contribution in [0.4, 0.5) is 0 Å². The number of carbonyl (C=O) groups is 1. The van der Waals surface area contributed by atoms with Gasteiger partial charge in [0.15, 0.2) is 0 Å². The summed E-state index contributed by atoms with van der Waals surface area (Å²) in [4.78, 5) is 30.2. The number of nitrogens with zero attached hydrogens (tertiary/aromatic N) is 3. The molecular formula is C26H27N5O6S. The smallest absolute Gasteiger partial charge is 0.263 e. The number of aromatic nitrogens is 2. The van der Waals surface area contributed by atoms with E-state index in [1.54, 1.807) is 37.3 Å². The van der Waals surface area contributed by atoms with Crippen LogP contribution >= 0.6 is 0 Å². The number of nitriles is 1. The fourth-order valence-corrected chi connectivity index (χ4v) is 6.21. The van der Waals surface area contributed by atoms with Crippen molar-refractivity contribution >= 4 is 26.8 Å². The molecule has 1 aromatic carbocycles. The van der Waals surface area contributed by atoms with Gasteiger partial charge in [-0.25, -0.2) is 18.1 Å². The highest BCUT2D eigenvalue weighted by atomic mass is 32.2. The van der Waals surface area contributed by atoms with Gasteiger partial charge in [-0.3, -0.25) is 9.59 Å². The fraction of sp³-hybridized carbons (Fsp3) is 0.385. The summed E-state index contributed by atoms with van der Waals surface area (Å²) in [7, 11) is -2.17. The Bertz CT molecular complexity index is 1620. The number of hydrogen-bond acceptors (Lipinski definition) is 8. The Kier molecular flexibility index (Phi) is 6.46. The van der Waals surface area contributed by atoms with Gasteiger partial charge in [0.2, 0.25) is 15.9 Å². The first-order chi connectivity index (χ1) is 18.1. The van der Waals surface area contributed by atoms with Crippen molar-refractivity contribution in [2.45, 2.75) is 36.6 Å². The van der Waals surface area contributed by atoms with Gasteiger partial charge in [-0.1, -0.05) is 12.1 Å². The maximum Gasteiger partial charge on any atom is 0.263 e. The molecule has 0 spiro atoms. The summed E-state index contributed by atoms with van der Waals surface area (Å²) in [5.41, 5.74) is 0.452. The van der Waals surface area contributed by atoms with Crippen molar-refractivity contribution in [1.82, 2.24) is 19.6 Å². The zero-order valence-electron chi connectivity index (χ0n) is 21.0. The molecule has 1 aliphatic heterocycles. The predicted octanol–water partition coefficient (Wildman–Crippen LogP) is 1.35. The summed E-state index contributed by atoms with van der Waals surface area (Å²) >= 11 is 0. The lowest BCUT2D eigenvalue weighted by Gasteiger charge is -2.39. The average molecular weight is 538 g/mol. The fourth-order valence-electron chi connectivity index (χ4n) is 4.37. The third-order valence-electron chi connectivity index (χ3n) is 6.94. The zero-order chi connectivity index (χ0) is 27.1. The molecule has 2 fully saturated rings. The van der Waals surface area contributed by atoms with Crippen molar-refractivity contribution in [3.8, 4) is 11.9 Å². The standard InChI is InChI=1S/C26H27N5O6S/c1-25(14-36-15-25)30-38(34,35)26(8-9-26)16-37-23-21-19(7-10-28-23)11-20(24(33)31(21)2)22(32)29-13-18-5-3-17(12-27)4-6-18/h3-7,10-11,30H,8-9,13-16H2,1-2H3,(H,29,32). The van der Waals surface area contributed by atoms with E-state index in [0.29, 0.717) is 42.5 Å². The normalized spacial score (nSPS) is 17.3. The van der Waals surface area contributed by atoms with Gasteiger partial charge >= 0.3 is 0 Å². The number of hydrogen-bond donors (Lipinski definition) is 2. The molecule has 0 radical (unpaired) electrons. The minimum absolute atomic E-state index is 0.0489. The lowest BCUT2D eigenvalue weighted by Crippen LogP contribution is -2.62. The molecule has 11 nitrogen and oxygen atoms in total. The van der Waals surface area contributed by atoms with Crippen LogP contribution < -0.4 is 20.3 Å². The van der Waals surface area contributed by atoms with Crippen LogP contribution in [-0.4, -0.2) is 54.0 Å². The molecule has 1 aliphatic carbocycles. The first-order valence-corrected chi connectivity index (χ1v) is 13.5. The topological polar surface area (TPSA) is 152 Å². The highest BCUT2D eigenvalue weighted by molar-refractivity contribution is 7.91. The Balaban J connectivity index is 1.34. The second-order valence-electron chi connectivity index (χ2n) is 10.1. The van der Waals surface area contributed by atoms with Crippen molar-refractivity contribution in [2.75, 3.05) is 19.8 Å². The average Bonchev–Trinajstić information content (AvgIpc) is 3.69. The maximum absolute atomic E-state index is 13.1. The molecule has 2 aliphatic rings. The Labute approximate surface area is 219 Å². The number of pyridine rings is 2. The van der Waals surface area contributed by atoms with Gasteiger partial charge < -0.3 is 19.4 Å². The SMILES string of the molecule is Cn1c(=O)c(C(=O)NCc2ccc(C#N)cc2)cc2ccnc(OCC3(S(=O)(=O)NC4(C)COC4)CC3)c21. The minimum atomic E-state index is -3.68. The lowest BCUT2D eigenvalue weighted by molar-refractivity contribution is -0.0525. The van der Waals surface area contributed by atoms with Crippen molar-refractivity contribution in [3.05, 3.63) is 69.6 Å². The molecule has 0 bridgehead atoms. The van der Waals surface area contributed by atoms with E-state index in [0.717, 1.165) is 5.56 Å². The van der Waals surface area contributed by atoms with Crippen molar-refractivity contribution in [3.63, 3.8) is 0 Å². The predicted molar refractivity (Wildman–Crippen MR) is 138 cm³/mol. The molecule has 12 heteroatoms. The van der Waals surface area contributed by atoms with E-state index in [-0.39, 0.29) is 24.6 Å². The molecule has 5 rings (SSSR count). The molecule has 3 aromatic rings. The third-order valence-corrected chi connectivity index (χ3v) is 9.37. The van der Waals surface area contributed by atoms with E-state index in [4.69, 9.17) is 14.7 Å². The number of rotatable bonds is 9. The van der Waals surface area contributed by atoms with Gasteiger partial charge in [-0.15, -0.1) is 0 Å². The van der Waals surface area contributed by atoms with E-state index in [1.165, 1.54) is 23.9 Å². The van der Waals surface area contributed by atoms with Gasteiger partial charge in [0.25, 0.3) is 11.5 Å². The van der Waals surface area contributed by atoms with E-state index in [1.807, 2.05) is 6.07 Å². The molecule has 198 valence electrons. The molecule has 1 saturated heterocycles. The maximum atomic E-state index is 13.1. The van der Waals surface area contributed by atoms with Crippen LogP contribution in [0.15, 0.2) is 47.4 Å². The van der Waals surface area contributed by atoms with E-state index in [2.05, 4.69) is 15.0 Å². The number of ether oxygens (including phenoxy) is 2. The van der Waals surface area contributed by atoms with Crippen LogP contribution in [0.3, 0.4) is 0 Å². The first kappa shape index (κ1) is 25.8. The summed E-state index contributed by atoms with van der Waals surface area (Å²) in [6, 6.07) is 11.9. The van der Waals surface area contributed by atoms with Crippen LogP contribution in [0.1, 0.15) is 41.3 Å². The molecule has 2 N–H and O–H groups in total. The summed E-state index contributed by atoms with van der Waals surface area (Å²) < 4.78 is 40.2. The Morgan fingerprint density at radius 2 is 1.95 bits per heavy atom. The summed E-state index contributed by atoms with van der Waals surface area (Å²) in [5, 5.41) is 12.2. The molecule has 0 unspecified atom stereocenters. The van der Waals surface area contributed by atoms with Crippen LogP contribution in [0.5, 0.6) is 5.88 Å². The molecule has 1 amide bonds. The highest BCUT2D eigenvalue weighted by Gasteiger charge is 2.57. The zero-order valence-corrected chi connectivity index (χ0v) is 21.8. The van der Waals surface area contributed by atoms with Gasteiger partial charge in [0.1, 0.15) is 22.4 Å². The number of sulfonamides is 1. The van der Waals surface area contributed by atoms with Crippen molar-refractivity contribution in [1.29, 1.82) is 5.26 Å². The second-order valence-corrected chi connectivity index (χ2v) is 12.2. The number of aryl methyl sites for hydroxylation is 1. The van der Waals surface area contributed by atoms with E-state index >= 15 is 0 Å². The molecule has 1 saturated carbocycles. The minimum Gasteiger partial charge on any atom is -0.474 e. The quantitative estimate of drug-likeness (QED) is 0.415. The number of fused-ring (bicyclic) bond motifs is 1. The lowest BCUT2D eigenvalue weighted by atomic mass is 10.0. The van der Waals surface area contributed by atoms with Crippen LogP contribution in [0.25, 0.3) is 10.9 Å². The van der Waals surface area contributed by atoms with Crippen LogP contribution in [0, 0.1) is 11.3 Å². The Hall–Kier alpha value is -3.79. The van der Waals surface area contributed by atoms with Crippen molar-refractivity contribution < 1.29 is 22.7 Å². The largest absolute Gasteiger partial charge is 0.474 e. The molecular weight excluding hydrogens is 510 g/mol. The van der Waals surface area contributed by atoms with E-state index < -0.39 is 31.8 Å². The monoisotopic (exact) mass is 537 g/mol. The molecule has 2 aromatic heterocycles. The van der Waals surface area contributed by atoms with Gasteiger partial charge in [-0.2, -0.15) is 5.26 Å². The Morgan fingerprint density at radius 3 is 2.55 bits per heavy atom. The third kappa shape index (κ3) is 4.76. The molecule has 3 heterocycles. The number of amides is 1. The molecule has 0 atom stereocenters. The summed E-state index contributed by atoms with van der Waals surface area (Å²) in [5.74, 6) is -0.426. The Morgan fingerprint density at radius 1 is 1.24 bits per heavy atom. The number of nitrogens with one attached hydrogen (secondary N) is 2. The van der Waals surface area contributed by atoms with Gasteiger partial charge in [-0.05, 0) is 49.6 Å².